The lowest BCUT2D eigenvalue weighted by molar-refractivity contribution is -0.392. The fourth-order valence-electron chi connectivity index (χ4n) is 1.83. The zero-order valence-corrected chi connectivity index (χ0v) is 11.3. The molecule has 0 heterocycles. The Labute approximate surface area is 128 Å². The molecule has 0 spiro atoms. The fraction of sp³-hybridized carbons (Fsp3) is 0. The number of carbonyl (C=O) groups is 1. The highest BCUT2D eigenvalue weighted by Crippen LogP contribution is 2.40. The largest absolute Gasteiger partial charge is 0.511 e. The average molecular weight is 319 g/mol. The molecule has 23 heavy (non-hydrogen) atoms. The van der Waals surface area contributed by atoms with Crippen LogP contribution in [0.5, 0.6) is 5.75 Å². The van der Waals surface area contributed by atoms with Crippen molar-refractivity contribution in [1.29, 1.82) is 0 Å². The highest BCUT2D eigenvalue weighted by atomic mass is 16.7. The monoisotopic (exact) mass is 319 g/mol. The molecule has 0 aromatic heterocycles. The lowest BCUT2D eigenvalue weighted by atomic mass is 10.2. The van der Waals surface area contributed by atoms with Crippen LogP contribution < -0.4 is 10.1 Å². The van der Waals surface area contributed by atoms with E-state index >= 15 is 0 Å². The lowest BCUT2D eigenvalue weighted by Crippen LogP contribution is -2.06. The Kier molecular flexibility index (Phi) is 4.36. The van der Waals surface area contributed by atoms with Crippen molar-refractivity contribution < 1.29 is 24.5 Å². The van der Waals surface area contributed by atoms with Gasteiger partial charge in [0.1, 0.15) is 5.75 Å². The molecule has 0 radical (unpaired) electrons. The van der Waals surface area contributed by atoms with Crippen LogP contribution in [-0.2, 0) is 0 Å². The van der Waals surface area contributed by atoms with Gasteiger partial charge < -0.3 is 15.2 Å². The van der Waals surface area contributed by atoms with Crippen LogP contribution in [-0.4, -0.2) is 21.1 Å². The third-order valence-corrected chi connectivity index (χ3v) is 2.71. The van der Waals surface area contributed by atoms with E-state index in [-0.39, 0.29) is 5.69 Å². The molecular formula is C13H9N3O7. The van der Waals surface area contributed by atoms with Crippen molar-refractivity contribution in [2.24, 2.45) is 0 Å². The quantitative estimate of drug-likeness (QED) is 0.369. The van der Waals surface area contributed by atoms with Gasteiger partial charge in [0, 0.05) is 5.69 Å². The maximum atomic E-state index is 11.2. The smallest absolute Gasteiger partial charge is 0.449 e. The molecule has 2 aromatic rings. The van der Waals surface area contributed by atoms with E-state index in [2.05, 4.69) is 10.1 Å². The van der Waals surface area contributed by atoms with Gasteiger partial charge >= 0.3 is 17.5 Å². The summed E-state index contributed by atoms with van der Waals surface area (Å²) in [6.07, 6.45) is -1.74. The minimum Gasteiger partial charge on any atom is -0.449 e. The predicted octanol–water partition coefficient (Wildman–Crippen LogP) is 3.30. The number of carboxylic acid groups (broad SMARTS) is 1. The van der Waals surface area contributed by atoms with E-state index in [9.17, 15) is 25.0 Å². The first-order chi connectivity index (χ1) is 10.9. The summed E-state index contributed by atoms with van der Waals surface area (Å²) in [4.78, 5) is 31.1. The number of nitro groups is 2. The minimum atomic E-state index is -1.74. The third kappa shape index (κ3) is 3.69. The van der Waals surface area contributed by atoms with Crippen LogP contribution in [0.15, 0.2) is 42.5 Å². The van der Waals surface area contributed by atoms with Gasteiger partial charge in [-0.05, 0) is 12.1 Å². The van der Waals surface area contributed by atoms with Gasteiger partial charge in [-0.15, -0.1) is 0 Å². The van der Waals surface area contributed by atoms with Gasteiger partial charge in [-0.1, -0.05) is 18.2 Å². The van der Waals surface area contributed by atoms with E-state index in [1.165, 1.54) is 0 Å². The highest BCUT2D eigenvalue weighted by molar-refractivity contribution is 5.81. The topological polar surface area (TPSA) is 145 Å². The fourth-order valence-corrected chi connectivity index (χ4v) is 1.83. The molecule has 0 saturated heterocycles. The molecule has 2 N–H and O–H groups in total. The number of hydrogen-bond donors (Lipinski definition) is 2. The Morgan fingerprint density at radius 3 is 2.00 bits per heavy atom. The molecule has 0 aliphatic rings. The van der Waals surface area contributed by atoms with Crippen molar-refractivity contribution in [3.8, 4) is 5.75 Å². The van der Waals surface area contributed by atoms with E-state index in [0.29, 0.717) is 5.69 Å². The van der Waals surface area contributed by atoms with Crippen molar-refractivity contribution >= 4 is 28.9 Å². The third-order valence-electron chi connectivity index (χ3n) is 2.71. The van der Waals surface area contributed by atoms with E-state index < -0.39 is 33.1 Å². The van der Waals surface area contributed by atoms with Gasteiger partial charge in [-0.2, -0.15) is 0 Å². The zero-order valence-electron chi connectivity index (χ0n) is 11.3. The molecule has 0 bridgehead atoms. The molecule has 0 saturated carbocycles. The zero-order chi connectivity index (χ0) is 17.0. The Morgan fingerprint density at radius 1 is 1.04 bits per heavy atom. The number of hydrogen-bond acceptors (Lipinski definition) is 7. The van der Waals surface area contributed by atoms with E-state index in [0.717, 1.165) is 12.1 Å². The van der Waals surface area contributed by atoms with Crippen LogP contribution in [0.3, 0.4) is 0 Å². The Bertz CT molecular complexity index is 741. The van der Waals surface area contributed by atoms with Gasteiger partial charge in [0.15, 0.2) is 5.69 Å². The van der Waals surface area contributed by atoms with Crippen molar-refractivity contribution in [3.63, 3.8) is 0 Å². The van der Waals surface area contributed by atoms with Crippen LogP contribution in [0.4, 0.5) is 27.5 Å². The normalized spacial score (nSPS) is 9.91. The standard InChI is InChI=1S/C13H9N3O7/c17-13(18)23-9-6-10(15(19)20)12(11(7-9)16(21)22)14-8-4-2-1-3-5-8/h1-7,14H,(H,17,18). The molecule has 10 heteroatoms. The van der Waals surface area contributed by atoms with Crippen molar-refractivity contribution in [3.05, 3.63) is 62.7 Å². The molecule has 0 aliphatic heterocycles. The van der Waals surface area contributed by atoms with Crippen LogP contribution in [0.1, 0.15) is 0 Å². The summed E-state index contributed by atoms with van der Waals surface area (Å²) in [7, 11) is 0. The summed E-state index contributed by atoms with van der Waals surface area (Å²) < 4.78 is 4.28. The van der Waals surface area contributed by atoms with Gasteiger partial charge in [0.05, 0.1) is 22.0 Å². The molecule has 0 atom stereocenters. The number of para-hydroxylation sites is 1. The van der Waals surface area contributed by atoms with Crippen molar-refractivity contribution in [2.45, 2.75) is 0 Å². The number of anilines is 2. The second-order valence-electron chi connectivity index (χ2n) is 4.21. The van der Waals surface area contributed by atoms with E-state index in [1.54, 1.807) is 30.3 Å². The molecule has 2 rings (SSSR count). The summed E-state index contributed by atoms with van der Waals surface area (Å²) in [6.45, 7) is 0. The predicted molar refractivity (Wildman–Crippen MR) is 78.1 cm³/mol. The summed E-state index contributed by atoms with van der Waals surface area (Å²) >= 11 is 0. The van der Waals surface area contributed by atoms with Gasteiger partial charge in [0.2, 0.25) is 0 Å². The van der Waals surface area contributed by atoms with E-state index in [1.807, 2.05) is 0 Å². The Balaban J connectivity index is 2.59. The number of nitrogens with zero attached hydrogens (tertiary/aromatic N) is 2. The number of nitro benzene ring substituents is 2. The van der Waals surface area contributed by atoms with Crippen LogP contribution in [0.2, 0.25) is 0 Å². The van der Waals surface area contributed by atoms with Crippen LogP contribution >= 0.6 is 0 Å². The maximum Gasteiger partial charge on any atom is 0.511 e. The second kappa shape index (κ2) is 6.39. The first kappa shape index (κ1) is 15.7. The van der Waals surface area contributed by atoms with Crippen molar-refractivity contribution in [2.75, 3.05) is 5.32 Å². The molecule has 0 amide bonds. The number of ether oxygens (including phenoxy) is 1. The van der Waals surface area contributed by atoms with E-state index in [4.69, 9.17) is 5.11 Å². The average Bonchev–Trinajstić information content (AvgIpc) is 2.48. The number of rotatable bonds is 5. The lowest BCUT2D eigenvalue weighted by Gasteiger charge is -2.09. The van der Waals surface area contributed by atoms with Crippen molar-refractivity contribution in [1.82, 2.24) is 0 Å². The SMILES string of the molecule is O=C(O)Oc1cc([N+](=O)[O-])c(Nc2ccccc2)c([N+](=O)[O-])c1. The van der Waals surface area contributed by atoms with Gasteiger partial charge in [-0.3, -0.25) is 20.2 Å². The second-order valence-corrected chi connectivity index (χ2v) is 4.21. The number of benzene rings is 2. The molecule has 2 aromatic carbocycles. The molecule has 0 fully saturated rings. The summed E-state index contributed by atoms with van der Waals surface area (Å²) in [6, 6.07) is 9.71. The molecule has 118 valence electrons. The molecule has 0 unspecified atom stereocenters. The molecule has 10 nitrogen and oxygen atoms in total. The number of nitrogens with one attached hydrogen (secondary N) is 1. The van der Waals surface area contributed by atoms with Gasteiger partial charge in [-0.25, -0.2) is 4.79 Å². The van der Waals surface area contributed by atoms with Crippen LogP contribution in [0, 0.1) is 20.2 Å². The summed E-state index contributed by atoms with van der Waals surface area (Å²) in [5.41, 5.74) is -1.34. The molecule has 0 aliphatic carbocycles. The summed E-state index contributed by atoms with van der Waals surface area (Å²) in [5, 5.41) is 33.5. The summed E-state index contributed by atoms with van der Waals surface area (Å²) in [5.74, 6) is -0.519. The Morgan fingerprint density at radius 2 is 1.57 bits per heavy atom. The molecular weight excluding hydrogens is 310 g/mol. The van der Waals surface area contributed by atoms with Gasteiger partial charge in [0.25, 0.3) is 0 Å². The first-order valence-corrected chi connectivity index (χ1v) is 6.08. The van der Waals surface area contributed by atoms with Crippen LogP contribution in [0.25, 0.3) is 0 Å². The first-order valence-electron chi connectivity index (χ1n) is 6.08. The Hall–Kier alpha value is -3.69. The highest BCUT2D eigenvalue weighted by Gasteiger charge is 2.28. The maximum absolute atomic E-state index is 11.2. The minimum absolute atomic E-state index is 0.371.